The smallest absolute Gasteiger partial charge is 0.214 e. The van der Waals surface area contributed by atoms with Crippen molar-refractivity contribution in [1.29, 1.82) is 0 Å². The normalized spacial score (nSPS) is 10.9. The van der Waals surface area contributed by atoms with Crippen LogP contribution < -0.4 is 22.6 Å². The number of halogens is 1. The van der Waals surface area contributed by atoms with Gasteiger partial charge in [0, 0.05) is 5.02 Å². The fourth-order valence-electron chi connectivity index (χ4n) is 0.832. The van der Waals surface area contributed by atoms with Crippen molar-refractivity contribution in [3.8, 4) is 0 Å². The first kappa shape index (κ1) is 11.1. The summed E-state index contributed by atoms with van der Waals surface area (Å²) in [4.78, 5) is 3.97. The lowest BCUT2D eigenvalue weighted by Crippen LogP contribution is -2.32. The molecule has 0 aliphatic carbocycles. The van der Waals surface area contributed by atoms with Gasteiger partial charge < -0.3 is 17.2 Å². The number of nitrogens with two attached hydrogens (primary N) is 3. The third-order valence-corrected chi connectivity index (χ3v) is 1.59. The number of hydrazone groups is 1. The molecule has 1 rings (SSSR count). The second kappa shape index (κ2) is 5.06. The van der Waals surface area contributed by atoms with Crippen LogP contribution in [0.2, 0.25) is 5.02 Å². The highest BCUT2D eigenvalue weighted by Gasteiger charge is 1.93. The standard InChI is InChI=1S/C8H11ClN6/c9-5-2-1-3-6(4-5)13-8(12)15-14-7(10)11/h1-4H,(H4,10,11,14)(H3,12,13,15). The molecule has 7 heteroatoms. The van der Waals surface area contributed by atoms with E-state index in [1.807, 2.05) is 0 Å². The van der Waals surface area contributed by atoms with Crippen molar-refractivity contribution < 1.29 is 0 Å². The van der Waals surface area contributed by atoms with Gasteiger partial charge >= 0.3 is 0 Å². The minimum atomic E-state index is -0.126. The van der Waals surface area contributed by atoms with Crippen LogP contribution in [0.15, 0.2) is 34.4 Å². The van der Waals surface area contributed by atoms with E-state index in [0.717, 1.165) is 0 Å². The molecule has 15 heavy (non-hydrogen) atoms. The van der Waals surface area contributed by atoms with Gasteiger partial charge in [0.2, 0.25) is 11.9 Å². The van der Waals surface area contributed by atoms with E-state index >= 15 is 0 Å². The quantitative estimate of drug-likeness (QED) is 0.324. The molecule has 6 nitrogen and oxygen atoms in total. The first-order chi connectivity index (χ1) is 7.08. The Bertz CT molecular complexity index is 396. The van der Waals surface area contributed by atoms with E-state index < -0.39 is 0 Å². The molecule has 0 saturated heterocycles. The lowest BCUT2D eigenvalue weighted by atomic mass is 10.3. The highest BCUT2D eigenvalue weighted by atomic mass is 35.5. The zero-order valence-corrected chi connectivity index (χ0v) is 8.57. The van der Waals surface area contributed by atoms with Crippen LogP contribution in [0.3, 0.4) is 0 Å². The van der Waals surface area contributed by atoms with Gasteiger partial charge in [-0.1, -0.05) is 17.7 Å². The number of nitrogens with one attached hydrogen (secondary N) is 1. The van der Waals surface area contributed by atoms with Crippen molar-refractivity contribution in [3.05, 3.63) is 29.3 Å². The Balaban J connectivity index is 2.74. The SMILES string of the molecule is NC(N)=NNC(N)=Nc1cccc(Cl)c1. The Morgan fingerprint density at radius 3 is 2.60 bits per heavy atom. The summed E-state index contributed by atoms with van der Waals surface area (Å²) in [5.74, 6) is -0.0510. The minimum Gasteiger partial charge on any atom is -0.369 e. The van der Waals surface area contributed by atoms with E-state index in [9.17, 15) is 0 Å². The van der Waals surface area contributed by atoms with Crippen molar-refractivity contribution in [2.45, 2.75) is 0 Å². The van der Waals surface area contributed by atoms with Gasteiger partial charge in [0.05, 0.1) is 5.69 Å². The Morgan fingerprint density at radius 1 is 1.27 bits per heavy atom. The van der Waals surface area contributed by atoms with Crippen LogP contribution in [0.5, 0.6) is 0 Å². The summed E-state index contributed by atoms with van der Waals surface area (Å²) in [5.41, 5.74) is 18.6. The largest absolute Gasteiger partial charge is 0.369 e. The monoisotopic (exact) mass is 226 g/mol. The maximum atomic E-state index is 5.76. The van der Waals surface area contributed by atoms with Crippen molar-refractivity contribution in [2.24, 2.45) is 27.3 Å². The third kappa shape index (κ3) is 4.19. The molecule has 1 aromatic rings. The first-order valence-electron chi connectivity index (χ1n) is 4.02. The average molecular weight is 227 g/mol. The molecule has 1 aromatic carbocycles. The summed E-state index contributed by atoms with van der Waals surface area (Å²) in [6.45, 7) is 0. The van der Waals surface area contributed by atoms with Crippen LogP contribution in [-0.2, 0) is 0 Å². The van der Waals surface area contributed by atoms with E-state index in [-0.39, 0.29) is 11.9 Å². The summed E-state index contributed by atoms with van der Waals surface area (Å²) in [7, 11) is 0. The Labute approximate surface area is 91.8 Å². The van der Waals surface area contributed by atoms with Crippen molar-refractivity contribution in [3.63, 3.8) is 0 Å². The second-order valence-corrected chi connectivity index (χ2v) is 3.06. The van der Waals surface area contributed by atoms with Gasteiger partial charge in [-0.3, -0.25) is 0 Å². The Morgan fingerprint density at radius 2 is 2.00 bits per heavy atom. The molecule has 0 fully saturated rings. The van der Waals surface area contributed by atoms with Crippen LogP contribution in [-0.4, -0.2) is 11.9 Å². The van der Waals surface area contributed by atoms with Gasteiger partial charge in [-0.25, -0.2) is 10.4 Å². The van der Waals surface area contributed by atoms with Crippen LogP contribution >= 0.6 is 11.6 Å². The maximum absolute atomic E-state index is 5.76. The van der Waals surface area contributed by atoms with Crippen LogP contribution in [0.4, 0.5) is 5.69 Å². The molecule has 0 aromatic heterocycles. The predicted molar refractivity (Wildman–Crippen MR) is 61.7 cm³/mol. The number of benzene rings is 1. The second-order valence-electron chi connectivity index (χ2n) is 2.63. The molecule has 0 spiro atoms. The topological polar surface area (TPSA) is 115 Å². The molecule has 0 radical (unpaired) electrons. The van der Waals surface area contributed by atoms with Gasteiger partial charge in [0.25, 0.3) is 0 Å². The molecule has 0 aliphatic heterocycles. The van der Waals surface area contributed by atoms with E-state index in [0.29, 0.717) is 10.7 Å². The Hall–Kier alpha value is -1.95. The van der Waals surface area contributed by atoms with Crippen LogP contribution in [0, 0.1) is 0 Å². The summed E-state index contributed by atoms with van der Waals surface area (Å²) in [6, 6.07) is 6.90. The molecule has 0 bridgehead atoms. The molecule has 0 saturated carbocycles. The maximum Gasteiger partial charge on any atom is 0.214 e. The summed E-state index contributed by atoms with van der Waals surface area (Å²) >= 11 is 5.76. The fraction of sp³-hybridized carbons (Fsp3) is 0. The van der Waals surface area contributed by atoms with E-state index in [4.69, 9.17) is 28.8 Å². The van der Waals surface area contributed by atoms with Crippen molar-refractivity contribution in [1.82, 2.24) is 5.43 Å². The molecule has 80 valence electrons. The van der Waals surface area contributed by atoms with Gasteiger partial charge in [0.15, 0.2) is 0 Å². The summed E-state index contributed by atoms with van der Waals surface area (Å²) in [6.07, 6.45) is 0. The number of hydrogen-bond donors (Lipinski definition) is 4. The lowest BCUT2D eigenvalue weighted by molar-refractivity contribution is 0.994. The van der Waals surface area contributed by atoms with Crippen molar-refractivity contribution >= 4 is 29.2 Å². The summed E-state index contributed by atoms with van der Waals surface area (Å²) in [5, 5.41) is 4.05. The number of aliphatic imine (C=N–C) groups is 1. The minimum absolute atomic E-state index is 0.0747. The fourth-order valence-corrected chi connectivity index (χ4v) is 1.02. The average Bonchev–Trinajstić information content (AvgIpc) is 2.15. The zero-order chi connectivity index (χ0) is 11.3. The van der Waals surface area contributed by atoms with E-state index in [1.54, 1.807) is 24.3 Å². The molecule has 7 N–H and O–H groups in total. The number of hydrogen-bond acceptors (Lipinski definition) is 2. The van der Waals surface area contributed by atoms with Gasteiger partial charge in [-0.2, -0.15) is 0 Å². The highest BCUT2D eigenvalue weighted by molar-refractivity contribution is 6.30. The zero-order valence-electron chi connectivity index (χ0n) is 7.81. The molecule has 0 amide bonds. The number of guanidine groups is 2. The van der Waals surface area contributed by atoms with Gasteiger partial charge in [-0.05, 0) is 18.2 Å². The summed E-state index contributed by atoms with van der Waals surface area (Å²) < 4.78 is 0. The first-order valence-corrected chi connectivity index (χ1v) is 4.40. The molecular formula is C8H11ClN6. The lowest BCUT2D eigenvalue weighted by Gasteiger charge is -1.99. The molecule has 0 heterocycles. The highest BCUT2D eigenvalue weighted by Crippen LogP contribution is 2.17. The molecule has 0 unspecified atom stereocenters. The van der Waals surface area contributed by atoms with E-state index in [2.05, 4.69) is 15.5 Å². The molecular weight excluding hydrogens is 216 g/mol. The van der Waals surface area contributed by atoms with Gasteiger partial charge in [0.1, 0.15) is 0 Å². The van der Waals surface area contributed by atoms with Gasteiger partial charge in [-0.15, -0.1) is 5.10 Å². The molecule has 0 atom stereocenters. The predicted octanol–water partition coefficient (Wildman–Crippen LogP) is 0.0642. The van der Waals surface area contributed by atoms with Crippen LogP contribution in [0.25, 0.3) is 0 Å². The number of rotatable bonds is 2. The molecule has 0 aliphatic rings. The number of nitrogens with zero attached hydrogens (tertiary/aromatic N) is 2. The van der Waals surface area contributed by atoms with Crippen LogP contribution in [0.1, 0.15) is 0 Å². The third-order valence-electron chi connectivity index (χ3n) is 1.36. The van der Waals surface area contributed by atoms with Crippen molar-refractivity contribution in [2.75, 3.05) is 0 Å². The van der Waals surface area contributed by atoms with E-state index in [1.165, 1.54) is 0 Å². The Kier molecular flexibility index (Phi) is 3.75.